The first-order chi connectivity index (χ1) is 7.20. The molecule has 1 N–H and O–H groups in total. The first-order valence-corrected chi connectivity index (χ1v) is 5.14. The number of carbonyl (C=O) groups is 1. The van der Waals surface area contributed by atoms with E-state index in [1.807, 2.05) is 25.1 Å². The van der Waals surface area contributed by atoms with Crippen LogP contribution >= 0.6 is 24.0 Å². The number of esters is 1. The molecule has 0 aliphatic heterocycles. The van der Waals surface area contributed by atoms with E-state index in [9.17, 15) is 4.79 Å². The minimum Gasteiger partial charge on any atom is -0.468 e. The number of carbonyl (C=O) groups excluding carboxylic acids is 1. The van der Waals surface area contributed by atoms with E-state index in [1.165, 1.54) is 7.11 Å². The Labute approximate surface area is 107 Å². The van der Waals surface area contributed by atoms with Gasteiger partial charge in [0, 0.05) is 5.02 Å². The van der Waals surface area contributed by atoms with Gasteiger partial charge in [-0.15, -0.1) is 12.4 Å². The van der Waals surface area contributed by atoms with Crippen molar-refractivity contribution < 1.29 is 9.53 Å². The molecule has 1 unspecified atom stereocenters. The van der Waals surface area contributed by atoms with Gasteiger partial charge in [0.25, 0.3) is 0 Å². The largest absolute Gasteiger partial charge is 0.468 e. The summed E-state index contributed by atoms with van der Waals surface area (Å²) < 4.78 is 4.71. The molecule has 3 nitrogen and oxygen atoms in total. The van der Waals surface area contributed by atoms with Crippen molar-refractivity contribution in [3.05, 3.63) is 34.9 Å². The number of hydrogen-bond acceptors (Lipinski definition) is 3. The zero-order valence-electron chi connectivity index (χ0n) is 9.20. The molecule has 0 heterocycles. The van der Waals surface area contributed by atoms with Gasteiger partial charge in [-0.2, -0.15) is 0 Å². The second-order valence-electron chi connectivity index (χ2n) is 3.04. The SMILES string of the molecule is CCNC(C(=O)OC)c1ccccc1Cl.Cl. The number of nitrogens with one attached hydrogen (secondary N) is 1. The average molecular weight is 264 g/mol. The molecular weight excluding hydrogens is 249 g/mol. The van der Waals surface area contributed by atoms with E-state index in [0.29, 0.717) is 11.6 Å². The summed E-state index contributed by atoms with van der Waals surface area (Å²) in [7, 11) is 1.36. The third-order valence-corrected chi connectivity index (χ3v) is 2.41. The van der Waals surface area contributed by atoms with Crippen LogP contribution in [0.2, 0.25) is 5.02 Å². The highest BCUT2D eigenvalue weighted by Crippen LogP contribution is 2.23. The highest BCUT2D eigenvalue weighted by Gasteiger charge is 2.21. The van der Waals surface area contributed by atoms with Crippen LogP contribution in [0.1, 0.15) is 18.5 Å². The number of rotatable bonds is 4. The molecule has 1 atom stereocenters. The van der Waals surface area contributed by atoms with Crippen LogP contribution in [0.25, 0.3) is 0 Å². The zero-order valence-corrected chi connectivity index (χ0v) is 10.8. The lowest BCUT2D eigenvalue weighted by Gasteiger charge is -2.16. The summed E-state index contributed by atoms with van der Waals surface area (Å²) in [6, 6.07) is 6.74. The maximum atomic E-state index is 11.5. The van der Waals surface area contributed by atoms with Crippen LogP contribution in [0, 0.1) is 0 Å². The number of ether oxygens (including phenoxy) is 1. The van der Waals surface area contributed by atoms with Gasteiger partial charge in [0.15, 0.2) is 0 Å². The average Bonchev–Trinajstić information content (AvgIpc) is 2.26. The predicted molar refractivity (Wildman–Crippen MR) is 67.1 cm³/mol. The minimum absolute atomic E-state index is 0. The van der Waals surface area contributed by atoms with Crippen LogP contribution in [0.3, 0.4) is 0 Å². The van der Waals surface area contributed by atoms with Gasteiger partial charge in [0.05, 0.1) is 7.11 Å². The monoisotopic (exact) mass is 263 g/mol. The molecule has 0 aliphatic rings. The van der Waals surface area contributed by atoms with Crippen molar-refractivity contribution in [3.8, 4) is 0 Å². The Kier molecular flexibility index (Phi) is 7.13. The van der Waals surface area contributed by atoms with E-state index in [2.05, 4.69) is 5.32 Å². The third-order valence-electron chi connectivity index (χ3n) is 2.06. The van der Waals surface area contributed by atoms with E-state index in [1.54, 1.807) is 6.07 Å². The van der Waals surface area contributed by atoms with Gasteiger partial charge in [-0.3, -0.25) is 0 Å². The topological polar surface area (TPSA) is 38.3 Å². The Bertz CT molecular complexity index is 345. The molecule has 0 amide bonds. The van der Waals surface area contributed by atoms with E-state index in [0.717, 1.165) is 5.56 Å². The Morgan fingerprint density at radius 3 is 2.62 bits per heavy atom. The lowest BCUT2D eigenvalue weighted by atomic mass is 10.1. The lowest BCUT2D eigenvalue weighted by Crippen LogP contribution is -2.29. The van der Waals surface area contributed by atoms with Crippen LogP contribution in [-0.2, 0) is 9.53 Å². The van der Waals surface area contributed by atoms with Gasteiger partial charge < -0.3 is 10.1 Å². The van der Waals surface area contributed by atoms with Crippen LogP contribution in [0.5, 0.6) is 0 Å². The maximum Gasteiger partial charge on any atom is 0.327 e. The van der Waals surface area contributed by atoms with Crippen LogP contribution in [-0.4, -0.2) is 19.6 Å². The fraction of sp³-hybridized carbons (Fsp3) is 0.364. The summed E-state index contributed by atoms with van der Waals surface area (Å²) >= 11 is 6.01. The molecule has 0 aliphatic carbocycles. The fourth-order valence-corrected chi connectivity index (χ4v) is 1.60. The molecule has 0 aromatic heterocycles. The van der Waals surface area contributed by atoms with Gasteiger partial charge in [-0.1, -0.05) is 36.7 Å². The normalized spacial score (nSPS) is 11.4. The third kappa shape index (κ3) is 3.67. The summed E-state index contributed by atoms with van der Waals surface area (Å²) in [6.45, 7) is 2.60. The predicted octanol–water partition coefficient (Wildman–Crippen LogP) is 2.59. The summed E-state index contributed by atoms with van der Waals surface area (Å²) in [4.78, 5) is 11.5. The molecule has 0 spiro atoms. The first-order valence-electron chi connectivity index (χ1n) is 4.76. The van der Waals surface area contributed by atoms with Crippen molar-refractivity contribution in [2.75, 3.05) is 13.7 Å². The number of likely N-dealkylation sites (N-methyl/N-ethyl adjacent to an activating group) is 1. The summed E-state index contributed by atoms with van der Waals surface area (Å²) in [6.07, 6.45) is 0. The van der Waals surface area contributed by atoms with Crippen molar-refractivity contribution in [1.82, 2.24) is 5.32 Å². The molecule has 0 fully saturated rings. The molecule has 0 saturated heterocycles. The second-order valence-corrected chi connectivity index (χ2v) is 3.44. The van der Waals surface area contributed by atoms with Gasteiger partial charge in [-0.05, 0) is 18.2 Å². The Morgan fingerprint density at radius 1 is 1.50 bits per heavy atom. The van der Waals surface area contributed by atoms with Crippen LogP contribution < -0.4 is 5.32 Å². The molecule has 1 aromatic rings. The maximum absolute atomic E-state index is 11.5. The number of halogens is 2. The molecule has 90 valence electrons. The molecule has 1 aromatic carbocycles. The standard InChI is InChI=1S/C11H14ClNO2.ClH/c1-3-13-10(11(14)15-2)8-6-4-5-7-9(8)12;/h4-7,10,13H,3H2,1-2H3;1H. The van der Waals surface area contributed by atoms with Crippen LogP contribution in [0.15, 0.2) is 24.3 Å². The van der Waals surface area contributed by atoms with Crippen molar-refractivity contribution in [2.24, 2.45) is 0 Å². The van der Waals surface area contributed by atoms with E-state index >= 15 is 0 Å². The minimum atomic E-state index is -0.492. The zero-order chi connectivity index (χ0) is 11.3. The Balaban J connectivity index is 0.00000225. The van der Waals surface area contributed by atoms with Crippen molar-refractivity contribution in [1.29, 1.82) is 0 Å². The number of benzene rings is 1. The molecular formula is C11H15Cl2NO2. The quantitative estimate of drug-likeness (QED) is 0.849. The van der Waals surface area contributed by atoms with Crippen LogP contribution in [0.4, 0.5) is 0 Å². The van der Waals surface area contributed by atoms with Crippen molar-refractivity contribution in [2.45, 2.75) is 13.0 Å². The van der Waals surface area contributed by atoms with E-state index in [4.69, 9.17) is 16.3 Å². The van der Waals surface area contributed by atoms with Crippen molar-refractivity contribution >= 4 is 30.0 Å². The molecule has 0 radical (unpaired) electrons. The fourth-order valence-electron chi connectivity index (χ4n) is 1.35. The first kappa shape index (κ1) is 15.2. The van der Waals surface area contributed by atoms with Gasteiger partial charge in [0.2, 0.25) is 0 Å². The highest BCUT2D eigenvalue weighted by atomic mass is 35.5. The Morgan fingerprint density at radius 2 is 2.12 bits per heavy atom. The lowest BCUT2D eigenvalue weighted by molar-refractivity contribution is -0.143. The molecule has 1 rings (SSSR count). The summed E-state index contributed by atoms with van der Waals surface area (Å²) in [5.74, 6) is -0.329. The molecule has 0 saturated carbocycles. The molecule has 5 heteroatoms. The van der Waals surface area contributed by atoms with E-state index in [-0.39, 0.29) is 18.4 Å². The molecule has 0 bridgehead atoms. The molecule has 16 heavy (non-hydrogen) atoms. The number of hydrogen-bond donors (Lipinski definition) is 1. The summed E-state index contributed by atoms with van der Waals surface area (Å²) in [5.41, 5.74) is 0.743. The number of methoxy groups -OCH3 is 1. The van der Waals surface area contributed by atoms with E-state index < -0.39 is 6.04 Å². The van der Waals surface area contributed by atoms with Gasteiger partial charge >= 0.3 is 5.97 Å². The van der Waals surface area contributed by atoms with Gasteiger partial charge in [0.1, 0.15) is 6.04 Å². The smallest absolute Gasteiger partial charge is 0.327 e. The van der Waals surface area contributed by atoms with Gasteiger partial charge in [-0.25, -0.2) is 4.79 Å². The second kappa shape index (κ2) is 7.49. The van der Waals surface area contributed by atoms with Crippen molar-refractivity contribution in [3.63, 3.8) is 0 Å². The summed E-state index contributed by atoms with van der Waals surface area (Å²) in [5, 5.41) is 3.60. The Hall–Kier alpha value is -0.770. The highest BCUT2D eigenvalue weighted by molar-refractivity contribution is 6.31.